The van der Waals surface area contributed by atoms with Crippen LogP contribution in [0.25, 0.3) is 0 Å². The second-order valence-electron chi connectivity index (χ2n) is 4.36. The Balaban J connectivity index is 2.21. The van der Waals surface area contributed by atoms with Gasteiger partial charge in [0.05, 0.1) is 4.90 Å². The minimum atomic E-state index is -3.60. The lowest BCUT2D eigenvalue weighted by Gasteiger charge is -2.08. The molecule has 1 aromatic carbocycles. The molecule has 0 radical (unpaired) electrons. The molecule has 106 valence electrons. The first-order valence-electron chi connectivity index (χ1n) is 6.24. The highest BCUT2D eigenvalue weighted by atomic mass is 79.9. The molecule has 20 heavy (non-hydrogen) atoms. The van der Waals surface area contributed by atoms with Crippen molar-refractivity contribution in [3.63, 3.8) is 0 Å². The molecule has 0 aliphatic carbocycles. The Morgan fingerprint density at radius 3 is 2.50 bits per heavy atom. The Morgan fingerprint density at radius 2 is 1.90 bits per heavy atom. The molecule has 1 heterocycles. The zero-order chi connectivity index (χ0) is 14.6. The standard InChI is InChI=1S/C14H15BrN2O2S/c1-2-3-11-4-6-13(7-5-11)20(18,19)17-14-10-12(15)8-9-16-14/h4-10H,2-3H2,1H3,(H,16,17). The lowest BCUT2D eigenvalue weighted by atomic mass is 10.1. The quantitative estimate of drug-likeness (QED) is 0.892. The number of pyridine rings is 1. The van der Waals surface area contributed by atoms with E-state index in [9.17, 15) is 8.42 Å². The molecule has 1 aromatic heterocycles. The van der Waals surface area contributed by atoms with Crippen molar-refractivity contribution in [2.75, 3.05) is 4.72 Å². The van der Waals surface area contributed by atoms with Crippen LogP contribution >= 0.6 is 15.9 Å². The molecule has 4 nitrogen and oxygen atoms in total. The first-order chi connectivity index (χ1) is 9.51. The molecule has 2 rings (SSSR count). The van der Waals surface area contributed by atoms with E-state index in [-0.39, 0.29) is 10.7 Å². The number of halogens is 1. The Labute approximate surface area is 127 Å². The molecule has 2 aromatic rings. The predicted molar refractivity (Wildman–Crippen MR) is 83.2 cm³/mol. The molecule has 1 N–H and O–H groups in total. The number of nitrogens with zero attached hydrogens (tertiary/aromatic N) is 1. The Kier molecular flexibility index (Phi) is 4.77. The number of sulfonamides is 1. The van der Waals surface area contributed by atoms with E-state index in [1.807, 2.05) is 12.1 Å². The Hall–Kier alpha value is -1.40. The summed E-state index contributed by atoms with van der Waals surface area (Å²) in [6, 6.07) is 10.3. The van der Waals surface area contributed by atoms with Crippen LogP contribution in [0.4, 0.5) is 5.82 Å². The SMILES string of the molecule is CCCc1ccc(S(=O)(=O)Nc2cc(Br)ccn2)cc1. The van der Waals surface area contributed by atoms with Crippen LogP contribution < -0.4 is 4.72 Å². The van der Waals surface area contributed by atoms with Crippen LogP contribution in [0.3, 0.4) is 0 Å². The van der Waals surface area contributed by atoms with Gasteiger partial charge in [0.1, 0.15) is 5.82 Å². The third kappa shape index (κ3) is 3.80. The molecule has 6 heteroatoms. The van der Waals surface area contributed by atoms with Crippen molar-refractivity contribution in [2.45, 2.75) is 24.7 Å². The van der Waals surface area contributed by atoms with Crippen LogP contribution in [0, 0.1) is 0 Å². The van der Waals surface area contributed by atoms with Gasteiger partial charge in [-0.3, -0.25) is 4.72 Å². The van der Waals surface area contributed by atoms with Gasteiger partial charge in [-0.25, -0.2) is 13.4 Å². The number of anilines is 1. The highest BCUT2D eigenvalue weighted by Crippen LogP contribution is 2.18. The van der Waals surface area contributed by atoms with Gasteiger partial charge in [-0.1, -0.05) is 41.4 Å². The van der Waals surface area contributed by atoms with E-state index >= 15 is 0 Å². The van der Waals surface area contributed by atoms with Gasteiger partial charge >= 0.3 is 0 Å². The van der Waals surface area contributed by atoms with Crippen molar-refractivity contribution in [1.29, 1.82) is 0 Å². The number of nitrogens with one attached hydrogen (secondary N) is 1. The van der Waals surface area contributed by atoms with E-state index in [1.54, 1.807) is 24.3 Å². The molecule has 0 bridgehead atoms. The molecular weight excluding hydrogens is 340 g/mol. The molecule has 0 spiro atoms. The summed E-state index contributed by atoms with van der Waals surface area (Å²) in [5.74, 6) is 0.289. The zero-order valence-electron chi connectivity index (χ0n) is 11.0. The van der Waals surface area contributed by atoms with Crippen molar-refractivity contribution >= 4 is 31.8 Å². The third-order valence-electron chi connectivity index (χ3n) is 2.73. The van der Waals surface area contributed by atoms with E-state index in [2.05, 4.69) is 32.6 Å². The van der Waals surface area contributed by atoms with Crippen LogP contribution in [0.15, 0.2) is 52.0 Å². The van der Waals surface area contributed by atoms with Gasteiger partial charge in [0.15, 0.2) is 0 Å². The number of aryl methyl sites for hydroxylation is 1. The lowest BCUT2D eigenvalue weighted by molar-refractivity contribution is 0.601. The fraction of sp³-hybridized carbons (Fsp3) is 0.214. The molecule has 0 aliphatic rings. The maximum atomic E-state index is 12.2. The number of benzene rings is 1. The van der Waals surface area contributed by atoms with Gasteiger partial charge in [0, 0.05) is 10.7 Å². The Morgan fingerprint density at radius 1 is 1.20 bits per heavy atom. The number of aromatic nitrogens is 1. The summed E-state index contributed by atoms with van der Waals surface area (Å²) >= 11 is 3.28. The number of rotatable bonds is 5. The van der Waals surface area contributed by atoms with Gasteiger partial charge in [0.2, 0.25) is 0 Å². The van der Waals surface area contributed by atoms with E-state index in [4.69, 9.17) is 0 Å². The van der Waals surface area contributed by atoms with E-state index in [1.165, 1.54) is 6.20 Å². The molecule has 0 unspecified atom stereocenters. The largest absolute Gasteiger partial charge is 0.263 e. The summed E-state index contributed by atoms with van der Waals surface area (Å²) < 4.78 is 27.7. The molecule has 0 saturated carbocycles. The summed E-state index contributed by atoms with van der Waals surface area (Å²) in [7, 11) is -3.60. The highest BCUT2D eigenvalue weighted by Gasteiger charge is 2.14. The molecule has 0 aliphatic heterocycles. The number of hydrogen-bond acceptors (Lipinski definition) is 3. The van der Waals surface area contributed by atoms with E-state index in [0.717, 1.165) is 22.9 Å². The van der Waals surface area contributed by atoms with Crippen molar-refractivity contribution in [1.82, 2.24) is 4.98 Å². The summed E-state index contributed by atoms with van der Waals surface area (Å²) in [6.07, 6.45) is 3.51. The molecule has 0 fully saturated rings. The van der Waals surface area contributed by atoms with Crippen molar-refractivity contribution < 1.29 is 8.42 Å². The lowest BCUT2D eigenvalue weighted by Crippen LogP contribution is -2.13. The fourth-order valence-corrected chi connectivity index (χ4v) is 3.12. The zero-order valence-corrected chi connectivity index (χ0v) is 13.4. The van der Waals surface area contributed by atoms with Gasteiger partial charge in [-0.05, 0) is 36.2 Å². The van der Waals surface area contributed by atoms with Gasteiger partial charge in [-0.15, -0.1) is 0 Å². The summed E-state index contributed by atoms with van der Waals surface area (Å²) in [5.41, 5.74) is 1.13. The smallest absolute Gasteiger partial charge is 0.263 e. The summed E-state index contributed by atoms with van der Waals surface area (Å²) in [4.78, 5) is 4.21. The number of hydrogen-bond donors (Lipinski definition) is 1. The van der Waals surface area contributed by atoms with Crippen LogP contribution in [-0.2, 0) is 16.4 Å². The molecule has 0 amide bonds. The first kappa shape index (κ1) is 15.0. The summed E-state index contributed by atoms with van der Waals surface area (Å²) in [6.45, 7) is 2.09. The molecule has 0 atom stereocenters. The maximum absolute atomic E-state index is 12.2. The molecule has 0 saturated heterocycles. The monoisotopic (exact) mass is 354 g/mol. The highest BCUT2D eigenvalue weighted by molar-refractivity contribution is 9.10. The van der Waals surface area contributed by atoms with E-state index in [0.29, 0.717) is 0 Å². The van der Waals surface area contributed by atoms with Crippen LogP contribution in [0.2, 0.25) is 0 Å². The van der Waals surface area contributed by atoms with E-state index < -0.39 is 10.0 Å². The first-order valence-corrected chi connectivity index (χ1v) is 8.52. The van der Waals surface area contributed by atoms with Crippen LogP contribution in [0.5, 0.6) is 0 Å². The minimum Gasteiger partial charge on any atom is -0.263 e. The topological polar surface area (TPSA) is 59.1 Å². The average molecular weight is 355 g/mol. The van der Waals surface area contributed by atoms with Crippen LogP contribution in [0.1, 0.15) is 18.9 Å². The van der Waals surface area contributed by atoms with Gasteiger partial charge in [0.25, 0.3) is 10.0 Å². The average Bonchev–Trinajstić information content (AvgIpc) is 2.39. The maximum Gasteiger partial charge on any atom is 0.263 e. The summed E-state index contributed by atoms with van der Waals surface area (Å²) in [5, 5.41) is 0. The van der Waals surface area contributed by atoms with Crippen molar-refractivity contribution in [2.24, 2.45) is 0 Å². The normalized spacial score (nSPS) is 11.3. The second-order valence-corrected chi connectivity index (χ2v) is 6.96. The fourth-order valence-electron chi connectivity index (χ4n) is 1.78. The van der Waals surface area contributed by atoms with Gasteiger partial charge in [-0.2, -0.15) is 0 Å². The minimum absolute atomic E-state index is 0.235. The predicted octanol–water partition coefficient (Wildman–Crippen LogP) is 3.60. The molecular formula is C14H15BrN2O2S. The van der Waals surface area contributed by atoms with Crippen molar-refractivity contribution in [3.05, 3.63) is 52.6 Å². The van der Waals surface area contributed by atoms with Crippen molar-refractivity contribution in [3.8, 4) is 0 Å². The van der Waals surface area contributed by atoms with Crippen LogP contribution in [-0.4, -0.2) is 13.4 Å². The second kappa shape index (κ2) is 6.37. The third-order valence-corrected chi connectivity index (χ3v) is 4.60. The Bertz CT molecular complexity index is 685. The van der Waals surface area contributed by atoms with Gasteiger partial charge < -0.3 is 0 Å².